The first-order valence-corrected chi connectivity index (χ1v) is 8.07. The normalized spacial score (nSPS) is 11.8. The van der Waals surface area contributed by atoms with Crippen LogP contribution < -0.4 is 5.69 Å². The van der Waals surface area contributed by atoms with Gasteiger partial charge in [-0.2, -0.15) is 0 Å². The first kappa shape index (κ1) is 14.5. The van der Waals surface area contributed by atoms with E-state index in [1.54, 1.807) is 19.1 Å². The third-order valence-electron chi connectivity index (χ3n) is 2.93. The van der Waals surface area contributed by atoms with Gasteiger partial charge >= 0.3 is 5.69 Å². The Bertz CT molecular complexity index is 790. The van der Waals surface area contributed by atoms with Crippen LogP contribution in [0.25, 0.3) is 5.69 Å². The lowest BCUT2D eigenvalue weighted by atomic mass is 10.3. The van der Waals surface area contributed by atoms with Crippen LogP contribution in [0.5, 0.6) is 0 Å². The highest BCUT2D eigenvalue weighted by molar-refractivity contribution is 7.90. The number of hydrogen-bond donors (Lipinski definition) is 0. The third-order valence-corrected chi connectivity index (χ3v) is 3.85. The molecule has 0 aliphatic heterocycles. The highest BCUT2D eigenvalue weighted by Crippen LogP contribution is 2.13. The Morgan fingerprint density at radius 2 is 1.90 bits per heavy atom. The van der Waals surface area contributed by atoms with Crippen LogP contribution in [0.3, 0.4) is 0 Å². The van der Waals surface area contributed by atoms with Crippen molar-refractivity contribution in [3.63, 3.8) is 0 Å². The van der Waals surface area contributed by atoms with E-state index in [0.717, 1.165) is 6.26 Å². The van der Waals surface area contributed by atoms with Crippen molar-refractivity contribution in [3.05, 3.63) is 52.5 Å². The van der Waals surface area contributed by atoms with E-state index in [-0.39, 0.29) is 18.0 Å². The Morgan fingerprint density at radius 3 is 2.50 bits per heavy atom. The smallest absolute Gasteiger partial charge is 0.298 e. The molecule has 0 atom stereocenters. The van der Waals surface area contributed by atoms with Gasteiger partial charge in [-0.25, -0.2) is 17.6 Å². The van der Waals surface area contributed by atoms with Gasteiger partial charge in [0.15, 0.2) is 0 Å². The fourth-order valence-corrected chi connectivity index (χ4v) is 2.50. The Kier molecular flexibility index (Phi) is 3.80. The molecule has 0 N–H and O–H groups in total. The number of rotatable bonds is 4. The molecule has 0 saturated carbocycles. The summed E-state index contributed by atoms with van der Waals surface area (Å²) in [6, 6.07) is 5.96. The summed E-state index contributed by atoms with van der Waals surface area (Å²) in [7, 11) is -3.16. The summed E-state index contributed by atoms with van der Waals surface area (Å²) in [4.78, 5) is 12.2. The van der Waals surface area contributed by atoms with Gasteiger partial charge < -0.3 is 0 Å². The van der Waals surface area contributed by atoms with E-state index in [4.69, 9.17) is 0 Å². The fourth-order valence-electron chi connectivity index (χ4n) is 1.97. The molecule has 5 nitrogen and oxygen atoms in total. The van der Waals surface area contributed by atoms with E-state index in [0.29, 0.717) is 5.69 Å². The molecule has 7 heteroatoms. The summed E-state index contributed by atoms with van der Waals surface area (Å²) in [5.74, 6) is -0.633. The van der Waals surface area contributed by atoms with Crippen molar-refractivity contribution in [1.82, 2.24) is 9.13 Å². The number of nitrogens with zero attached hydrogens (tertiary/aromatic N) is 2. The number of imidazole rings is 1. The molecule has 108 valence electrons. The van der Waals surface area contributed by atoms with E-state index in [2.05, 4.69) is 0 Å². The zero-order valence-corrected chi connectivity index (χ0v) is 12.0. The second kappa shape index (κ2) is 5.24. The second-order valence-electron chi connectivity index (χ2n) is 4.66. The molecule has 0 spiro atoms. The van der Waals surface area contributed by atoms with Gasteiger partial charge in [-0.05, 0) is 19.1 Å². The molecule has 0 saturated heterocycles. The van der Waals surface area contributed by atoms with E-state index < -0.39 is 21.3 Å². The van der Waals surface area contributed by atoms with Crippen molar-refractivity contribution in [2.75, 3.05) is 12.0 Å². The number of para-hydroxylation sites is 1. The molecular weight excluding hydrogens is 283 g/mol. The lowest BCUT2D eigenvalue weighted by Gasteiger charge is -2.05. The Balaban J connectivity index is 2.45. The maximum absolute atomic E-state index is 13.8. The molecule has 0 aliphatic rings. The van der Waals surface area contributed by atoms with E-state index in [1.165, 1.54) is 27.5 Å². The molecule has 0 fully saturated rings. The van der Waals surface area contributed by atoms with Crippen molar-refractivity contribution in [3.8, 4) is 5.69 Å². The molecule has 1 heterocycles. The van der Waals surface area contributed by atoms with Crippen LogP contribution in [-0.2, 0) is 16.4 Å². The van der Waals surface area contributed by atoms with Crippen molar-refractivity contribution >= 4 is 9.84 Å². The molecule has 0 aliphatic carbocycles. The summed E-state index contributed by atoms with van der Waals surface area (Å²) >= 11 is 0. The van der Waals surface area contributed by atoms with E-state index in [9.17, 15) is 17.6 Å². The quantitative estimate of drug-likeness (QED) is 0.850. The molecule has 0 unspecified atom stereocenters. The summed E-state index contributed by atoms with van der Waals surface area (Å²) in [5.41, 5.74) is 0.262. The fraction of sp³-hybridized carbons (Fsp3) is 0.308. The van der Waals surface area contributed by atoms with Crippen LogP contribution in [0, 0.1) is 12.7 Å². The number of aryl methyl sites for hydroxylation is 2. The molecule has 2 aromatic rings. The molecule has 0 amide bonds. The average Bonchev–Trinajstić information content (AvgIpc) is 2.62. The predicted molar refractivity (Wildman–Crippen MR) is 74.4 cm³/mol. The lowest BCUT2D eigenvalue weighted by Crippen LogP contribution is -2.26. The second-order valence-corrected chi connectivity index (χ2v) is 6.92. The van der Waals surface area contributed by atoms with Crippen LogP contribution in [0.4, 0.5) is 4.39 Å². The van der Waals surface area contributed by atoms with Crippen LogP contribution in [-0.4, -0.2) is 29.6 Å². The van der Waals surface area contributed by atoms with Crippen LogP contribution in [0.15, 0.2) is 35.3 Å². The average molecular weight is 298 g/mol. The first-order valence-electron chi connectivity index (χ1n) is 6.01. The summed E-state index contributed by atoms with van der Waals surface area (Å²) in [6.45, 7) is 1.73. The summed E-state index contributed by atoms with van der Waals surface area (Å²) in [5, 5.41) is 0. The Hall–Kier alpha value is -1.89. The molecule has 0 radical (unpaired) electrons. The Morgan fingerprint density at radius 1 is 1.25 bits per heavy atom. The lowest BCUT2D eigenvalue weighted by molar-refractivity contribution is 0.590. The monoisotopic (exact) mass is 298 g/mol. The minimum Gasteiger partial charge on any atom is -0.298 e. The topological polar surface area (TPSA) is 61.1 Å². The van der Waals surface area contributed by atoms with Gasteiger partial charge in [-0.1, -0.05) is 12.1 Å². The molecule has 0 bridgehead atoms. The van der Waals surface area contributed by atoms with Gasteiger partial charge in [0, 0.05) is 24.7 Å². The molecule has 1 aromatic carbocycles. The summed E-state index contributed by atoms with van der Waals surface area (Å²) in [6.07, 6.45) is 2.64. The number of halogens is 1. The largest absolute Gasteiger partial charge is 0.333 e. The van der Waals surface area contributed by atoms with Crippen LogP contribution in [0.2, 0.25) is 0 Å². The van der Waals surface area contributed by atoms with E-state index in [1.807, 2.05) is 0 Å². The number of aromatic nitrogens is 2. The number of hydrogen-bond acceptors (Lipinski definition) is 3. The first-order chi connectivity index (χ1) is 9.29. The van der Waals surface area contributed by atoms with Crippen LogP contribution >= 0.6 is 0 Å². The SMILES string of the molecule is Cc1cn(CCS(C)(=O)=O)c(=O)n1-c1ccccc1F. The maximum Gasteiger partial charge on any atom is 0.333 e. The van der Waals surface area contributed by atoms with Gasteiger partial charge in [0.25, 0.3) is 0 Å². The van der Waals surface area contributed by atoms with Crippen LogP contribution in [0.1, 0.15) is 5.69 Å². The maximum atomic E-state index is 13.8. The minimum absolute atomic E-state index is 0.0555. The minimum atomic E-state index is -3.16. The van der Waals surface area contributed by atoms with Gasteiger partial charge in [-0.3, -0.25) is 9.13 Å². The van der Waals surface area contributed by atoms with Gasteiger partial charge in [0.05, 0.1) is 11.4 Å². The third kappa shape index (κ3) is 2.98. The van der Waals surface area contributed by atoms with Crippen molar-refractivity contribution in [2.45, 2.75) is 13.5 Å². The highest BCUT2D eigenvalue weighted by Gasteiger charge is 2.14. The van der Waals surface area contributed by atoms with Gasteiger partial charge in [-0.15, -0.1) is 0 Å². The number of benzene rings is 1. The molecule has 1 aromatic heterocycles. The molecule has 20 heavy (non-hydrogen) atoms. The zero-order chi connectivity index (χ0) is 14.9. The highest BCUT2D eigenvalue weighted by atomic mass is 32.2. The van der Waals surface area contributed by atoms with E-state index >= 15 is 0 Å². The predicted octanol–water partition coefficient (Wildman–Crippen LogP) is 1.13. The summed E-state index contributed by atoms with van der Waals surface area (Å²) < 4.78 is 38.6. The molecule has 2 rings (SSSR count). The number of sulfone groups is 1. The van der Waals surface area contributed by atoms with Crippen molar-refractivity contribution < 1.29 is 12.8 Å². The van der Waals surface area contributed by atoms with Gasteiger partial charge in [0.2, 0.25) is 0 Å². The standard InChI is InChI=1S/C13H15FN2O3S/c1-10-9-15(7-8-20(2,18)19)13(17)16(10)12-6-4-3-5-11(12)14/h3-6,9H,7-8H2,1-2H3. The molecular formula is C13H15FN2O3S. The van der Waals surface area contributed by atoms with Crippen molar-refractivity contribution in [1.29, 1.82) is 0 Å². The zero-order valence-electron chi connectivity index (χ0n) is 11.2. The van der Waals surface area contributed by atoms with Crippen molar-refractivity contribution in [2.24, 2.45) is 0 Å². The Labute approximate surface area is 116 Å². The van der Waals surface area contributed by atoms with Gasteiger partial charge in [0.1, 0.15) is 15.7 Å².